The summed E-state index contributed by atoms with van der Waals surface area (Å²) in [5, 5.41) is 4.77. The van der Waals surface area contributed by atoms with Crippen molar-refractivity contribution in [1.29, 1.82) is 0 Å². The minimum Gasteiger partial charge on any atom is -0.377 e. The molecule has 0 bridgehead atoms. The van der Waals surface area contributed by atoms with E-state index in [-0.39, 0.29) is 12.1 Å². The lowest BCUT2D eigenvalue weighted by Gasteiger charge is -2.26. The number of nitrogens with one attached hydrogen (secondary N) is 1. The van der Waals surface area contributed by atoms with Crippen LogP contribution in [0.2, 0.25) is 0 Å². The molecule has 2 aliphatic carbocycles. The average molecular weight is 292 g/mol. The topological polar surface area (TPSA) is 65.1 Å². The molecule has 2 fully saturated rings. The molecule has 0 spiro atoms. The Morgan fingerprint density at radius 1 is 1.38 bits per heavy atom. The molecule has 5 heteroatoms. The number of rotatable bonds is 8. The summed E-state index contributed by atoms with van der Waals surface area (Å²) in [5.74, 6) is 6.45. The summed E-state index contributed by atoms with van der Waals surface area (Å²) < 4.78 is 8.08. The first-order chi connectivity index (χ1) is 10.3. The van der Waals surface area contributed by atoms with E-state index >= 15 is 0 Å². The van der Waals surface area contributed by atoms with E-state index in [4.69, 9.17) is 15.7 Å². The highest BCUT2D eigenvalue weighted by molar-refractivity contribution is 5.05. The maximum atomic E-state index is 5.92. The molecule has 118 valence electrons. The van der Waals surface area contributed by atoms with Crippen LogP contribution in [0.5, 0.6) is 0 Å². The second-order valence-corrected chi connectivity index (χ2v) is 6.46. The summed E-state index contributed by atoms with van der Waals surface area (Å²) in [7, 11) is 0. The molecule has 0 aromatic carbocycles. The van der Waals surface area contributed by atoms with Crippen LogP contribution < -0.4 is 11.3 Å². The van der Waals surface area contributed by atoms with Gasteiger partial charge < -0.3 is 4.74 Å². The van der Waals surface area contributed by atoms with Crippen molar-refractivity contribution in [1.82, 2.24) is 15.2 Å². The van der Waals surface area contributed by atoms with Crippen molar-refractivity contribution in [3.8, 4) is 0 Å². The Morgan fingerprint density at radius 2 is 2.14 bits per heavy atom. The van der Waals surface area contributed by atoms with Gasteiger partial charge in [0.05, 0.1) is 23.9 Å². The van der Waals surface area contributed by atoms with Gasteiger partial charge in [0, 0.05) is 19.2 Å². The predicted molar refractivity (Wildman–Crippen MR) is 82.7 cm³/mol. The van der Waals surface area contributed by atoms with E-state index in [0.29, 0.717) is 12.0 Å². The minimum atomic E-state index is 0.157. The lowest BCUT2D eigenvalue weighted by atomic mass is 10.0. The number of ether oxygens (including phenoxy) is 1. The van der Waals surface area contributed by atoms with E-state index in [1.165, 1.54) is 38.5 Å². The van der Waals surface area contributed by atoms with Gasteiger partial charge in [0.25, 0.3) is 0 Å². The highest BCUT2D eigenvalue weighted by Crippen LogP contribution is 2.36. The summed E-state index contributed by atoms with van der Waals surface area (Å²) in [6.07, 6.45) is 10.9. The molecule has 21 heavy (non-hydrogen) atoms. The second-order valence-electron chi connectivity index (χ2n) is 6.46. The van der Waals surface area contributed by atoms with E-state index in [1.807, 2.05) is 0 Å². The van der Waals surface area contributed by atoms with Gasteiger partial charge in [-0.3, -0.25) is 16.0 Å². The minimum absolute atomic E-state index is 0.157. The highest BCUT2D eigenvalue weighted by Gasteiger charge is 2.37. The van der Waals surface area contributed by atoms with E-state index < -0.39 is 0 Å². The van der Waals surface area contributed by atoms with Gasteiger partial charge in [-0.05, 0) is 44.6 Å². The highest BCUT2D eigenvalue weighted by atomic mass is 16.5. The smallest absolute Gasteiger partial charge is 0.0773 e. The molecular weight excluding hydrogens is 264 g/mol. The number of hydrogen-bond donors (Lipinski definition) is 2. The van der Waals surface area contributed by atoms with Gasteiger partial charge in [0.1, 0.15) is 0 Å². The summed E-state index contributed by atoms with van der Waals surface area (Å²) in [5.41, 5.74) is 4.08. The van der Waals surface area contributed by atoms with Crippen LogP contribution in [0.4, 0.5) is 0 Å². The van der Waals surface area contributed by atoms with Crippen LogP contribution >= 0.6 is 0 Å². The van der Waals surface area contributed by atoms with Crippen LogP contribution in [0.1, 0.15) is 57.2 Å². The zero-order valence-electron chi connectivity index (χ0n) is 13.0. The van der Waals surface area contributed by atoms with Crippen LogP contribution in [0.3, 0.4) is 0 Å². The molecule has 1 aromatic rings. The van der Waals surface area contributed by atoms with Crippen molar-refractivity contribution in [3.63, 3.8) is 0 Å². The summed E-state index contributed by atoms with van der Waals surface area (Å²) in [4.78, 5) is 0. The predicted octanol–water partition coefficient (Wildman–Crippen LogP) is 2.19. The van der Waals surface area contributed by atoms with Crippen LogP contribution in [0.25, 0.3) is 0 Å². The normalized spacial score (nSPS) is 22.6. The molecule has 2 unspecified atom stereocenters. The van der Waals surface area contributed by atoms with Gasteiger partial charge in [-0.15, -0.1) is 0 Å². The SMILES string of the molecule is CCOC(C1CC1)C(Cc1ccn(C2CCCC2)n1)NN. The van der Waals surface area contributed by atoms with Crippen molar-refractivity contribution in [3.05, 3.63) is 18.0 Å². The zero-order chi connectivity index (χ0) is 14.7. The lowest BCUT2D eigenvalue weighted by molar-refractivity contribution is 0.0189. The lowest BCUT2D eigenvalue weighted by Crippen LogP contribution is -2.47. The van der Waals surface area contributed by atoms with E-state index in [2.05, 4.69) is 29.3 Å². The fourth-order valence-corrected chi connectivity index (χ4v) is 3.55. The van der Waals surface area contributed by atoms with Gasteiger partial charge in [-0.1, -0.05) is 12.8 Å². The summed E-state index contributed by atoms with van der Waals surface area (Å²) in [6, 6.07) is 2.90. The maximum Gasteiger partial charge on any atom is 0.0773 e. The molecule has 0 amide bonds. The number of nitrogens with zero attached hydrogens (tertiary/aromatic N) is 2. The first kappa shape index (κ1) is 15.0. The zero-order valence-corrected chi connectivity index (χ0v) is 13.0. The largest absolute Gasteiger partial charge is 0.377 e. The standard InChI is InChI=1S/C16H28N4O/c1-2-21-16(12-7-8-12)15(18-17)11-13-9-10-20(19-13)14-5-3-4-6-14/h9-10,12,14-16,18H,2-8,11,17H2,1H3. The van der Waals surface area contributed by atoms with Crippen molar-refractivity contribution in [2.24, 2.45) is 11.8 Å². The number of nitrogens with two attached hydrogens (primary N) is 1. The fraction of sp³-hybridized carbons (Fsp3) is 0.812. The van der Waals surface area contributed by atoms with E-state index in [1.54, 1.807) is 0 Å². The molecule has 0 saturated heterocycles. The molecule has 0 aliphatic heterocycles. The Labute approximate surface area is 127 Å². The van der Waals surface area contributed by atoms with Gasteiger partial charge in [0.15, 0.2) is 0 Å². The van der Waals surface area contributed by atoms with Gasteiger partial charge in [-0.2, -0.15) is 5.10 Å². The van der Waals surface area contributed by atoms with Crippen LogP contribution in [0.15, 0.2) is 12.3 Å². The molecule has 1 heterocycles. The van der Waals surface area contributed by atoms with Crippen molar-refractivity contribution in [2.75, 3.05) is 6.61 Å². The molecule has 1 aromatic heterocycles. The third kappa shape index (κ3) is 3.65. The first-order valence-electron chi connectivity index (χ1n) is 8.43. The Kier molecular flexibility index (Phi) is 4.93. The van der Waals surface area contributed by atoms with Gasteiger partial charge in [-0.25, -0.2) is 0 Å². The molecule has 2 saturated carbocycles. The molecule has 3 rings (SSSR count). The Balaban J connectivity index is 1.62. The molecule has 0 radical (unpaired) electrons. The average Bonchev–Trinajstić information content (AvgIpc) is 3.01. The van der Waals surface area contributed by atoms with E-state index in [0.717, 1.165) is 18.7 Å². The summed E-state index contributed by atoms with van der Waals surface area (Å²) in [6.45, 7) is 2.80. The Hall–Kier alpha value is -0.910. The van der Waals surface area contributed by atoms with Crippen LogP contribution in [-0.2, 0) is 11.2 Å². The molecular formula is C16H28N4O. The number of hydrogen-bond acceptors (Lipinski definition) is 4. The second kappa shape index (κ2) is 6.90. The molecule has 5 nitrogen and oxygen atoms in total. The van der Waals surface area contributed by atoms with Crippen molar-refractivity contribution in [2.45, 2.75) is 70.1 Å². The molecule has 2 atom stereocenters. The number of hydrazine groups is 1. The third-order valence-electron chi connectivity index (χ3n) is 4.85. The first-order valence-corrected chi connectivity index (χ1v) is 8.43. The fourth-order valence-electron chi connectivity index (χ4n) is 3.55. The third-order valence-corrected chi connectivity index (χ3v) is 4.85. The van der Waals surface area contributed by atoms with Gasteiger partial charge >= 0.3 is 0 Å². The van der Waals surface area contributed by atoms with E-state index in [9.17, 15) is 0 Å². The molecule has 3 N–H and O–H groups in total. The maximum absolute atomic E-state index is 5.92. The monoisotopic (exact) mass is 292 g/mol. The van der Waals surface area contributed by atoms with Gasteiger partial charge in [0.2, 0.25) is 0 Å². The quantitative estimate of drug-likeness (QED) is 0.569. The summed E-state index contributed by atoms with van der Waals surface area (Å²) >= 11 is 0. The van der Waals surface area contributed by atoms with Crippen molar-refractivity contribution >= 4 is 0 Å². The van der Waals surface area contributed by atoms with Crippen LogP contribution in [-0.4, -0.2) is 28.5 Å². The van der Waals surface area contributed by atoms with Crippen LogP contribution in [0, 0.1) is 5.92 Å². The Morgan fingerprint density at radius 3 is 2.76 bits per heavy atom. The Bertz CT molecular complexity index is 437. The number of aromatic nitrogens is 2. The molecule has 2 aliphatic rings. The van der Waals surface area contributed by atoms with Crippen molar-refractivity contribution < 1.29 is 4.74 Å².